The third kappa shape index (κ3) is 2.33. The fourth-order valence-electron chi connectivity index (χ4n) is 2.54. The van der Waals surface area contributed by atoms with E-state index in [-0.39, 0.29) is 0 Å². The molecular formula is C13H13BrN6S. The number of nitrogens with zero attached hydrogens (tertiary/aromatic N) is 5. The molecule has 1 aliphatic rings. The van der Waals surface area contributed by atoms with Gasteiger partial charge in [-0.15, -0.1) is 21.5 Å². The van der Waals surface area contributed by atoms with Crippen LogP contribution in [0.3, 0.4) is 0 Å². The number of fused-ring (bicyclic) bond motifs is 1. The summed E-state index contributed by atoms with van der Waals surface area (Å²) in [6.07, 6.45) is 3.66. The van der Waals surface area contributed by atoms with Gasteiger partial charge in [-0.25, -0.2) is 4.98 Å². The van der Waals surface area contributed by atoms with Gasteiger partial charge in [-0.05, 0) is 28.1 Å². The predicted octanol–water partition coefficient (Wildman–Crippen LogP) is 2.02. The lowest BCUT2D eigenvalue weighted by molar-refractivity contribution is 0.585. The van der Waals surface area contributed by atoms with E-state index in [1.54, 1.807) is 17.7 Å². The van der Waals surface area contributed by atoms with Crippen LogP contribution in [0, 0.1) is 0 Å². The Balaban J connectivity index is 1.83. The van der Waals surface area contributed by atoms with Crippen molar-refractivity contribution in [2.24, 2.45) is 0 Å². The average Bonchev–Trinajstić information content (AvgIpc) is 3.16. The third-order valence-electron chi connectivity index (χ3n) is 3.56. The van der Waals surface area contributed by atoms with Gasteiger partial charge in [0.1, 0.15) is 6.33 Å². The van der Waals surface area contributed by atoms with Crippen molar-refractivity contribution in [2.45, 2.75) is 0 Å². The second-order valence-corrected chi connectivity index (χ2v) is 7.30. The Labute approximate surface area is 134 Å². The van der Waals surface area contributed by atoms with Crippen LogP contribution < -0.4 is 10.2 Å². The van der Waals surface area contributed by atoms with Crippen LogP contribution in [0.15, 0.2) is 28.4 Å². The van der Waals surface area contributed by atoms with Gasteiger partial charge in [0.2, 0.25) is 5.65 Å². The highest BCUT2D eigenvalue weighted by Crippen LogP contribution is 2.32. The van der Waals surface area contributed by atoms with Gasteiger partial charge in [-0.3, -0.25) is 4.40 Å². The molecule has 0 bridgehead atoms. The second-order valence-electron chi connectivity index (χ2n) is 4.83. The molecule has 1 aliphatic heterocycles. The minimum atomic E-state index is 0.818. The zero-order valence-corrected chi connectivity index (χ0v) is 13.6. The van der Waals surface area contributed by atoms with Crippen molar-refractivity contribution in [1.82, 2.24) is 24.9 Å². The lowest BCUT2D eigenvalue weighted by Crippen LogP contribution is -2.44. The van der Waals surface area contributed by atoms with E-state index in [4.69, 9.17) is 0 Å². The number of rotatable bonds is 2. The van der Waals surface area contributed by atoms with Crippen molar-refractivity contribution in [2.75, 3.05) is 31.1 Å². The third-order valence-corrected chi connectivity index (χ3v) is 5.20. The summed E-state index contributed by atoms with van der Waals surface area (Å²) in [5.74, 6) is 0.911. The molecule has 3 aromatic heterocycles. The standard InChI is InChI=1S/C13H13BrN6S/c14-11-2-1-10(21-11)9-7-16-12(13-18-17-8-20(9)13)19-5-3-15-4-6-19/h1-2,7-8,15H,3-6H2. The summed E-state index contributed by atoms with van der Waals surface area (Å²) < 4.78 is 3.12. The molecule has 1 saturated heterocycles. The number of halogens is 1. The highest BCUT2D eigenvalue weighted by Gasteiger charge is 2.18. The quantitative estimate of drug-likeness (QED) is 0.753. The Morgan fingerprint density at radius 3 is 2.86 bits per heavy atom. The van der Waals surface area contributed by atoms with Crippen molar-refractivity contribution in [3.63, 3.8) is 0 Å². The lowest BCUT2D eigenvalue weighted by atomic mass is 10.3. The van der Waals surface area contributed by atoms with Gasteiger partial charge in [0, 0.05) is 26.2 Å². The van der Waals surface area contributed by atoms with Crippen LogP contribution >= 0.6 is 27.3 Å². The molecule has 4 heterocycles. The Morgan fingerprint density at radius 1 is 1.24 bits per heavy atom. The molecule has 0 unspecified atom stereocenters. The number of piperazine rings is 1. The van der Waals surface area contributed by atoms with E-state index >= 15 is 0 Å². The first-order valence-corrected chi connectivity index (χ1v) is 8.34. The van der Waals surface area contributed by atoms with Gasteiger partial charge >= 0.3 is 0 Å². The molecule has 3 aromatic rings. The fraction of sp³-hybridized carbons (Fsp3) is 0.308. The molecule has 21 heavy (non-hydrogen) atoms. The van der Waals surface area contributed by atoms with Gasteiger partial charge in [0.25, 0.3) is 0 Å². The van der Waals surface area contributed by atoms with E-state index in [1.165, 1.54) is 0 Å². The Hall–Kier alpha value is -1.51. The summed E-state index contributed by atoms with van der Waals surface area (Å²) in [7, 11) is 0. The monoisotopic (exact) mass is 364 g/mol. The van der Waals surface area contributed by atoms with Crippen LogP contribution in [0.1, 0.15) is 0 Å². The van der Waals surface area contributed by atoms with Crippen LogP contribution in [0.2, 0.25) is 0 Å². The van der Waals surface area contributed by atoms with E-state index in [1.807, 2.05) is 16.7 Å². The van der Waals surface area contributed by atoms with E-state index in [0.29, 0.717) is 0 Å². The van der Waals surface area contributed by atoms with Gasteiger partial charge < -0.3 is 10.2 Å². The molecule has 0 aromatic carbocycles. The van der Waals surface area contributed by atoms with Crippen molar-refractivity contribution < 1.29 is 0 Å². The molecule has 8 heteroatoms. The van der Waals surface area contributed by atoms with Crippen molar-refractivity contribution in [3.8, 4) is 10.6 Å². The van der Waals surface area contributed by atoms with Crippen LogP contribution in [-0.4, -0.2) is 45.8 Å². The topological polar surface area (TPSA) is 58.4 Å². The van der Waals surface area contributed by atoms with Gasteiger partial charge in [0.05, 0.1) is 20.6 Å². The molecule has 1 N–H and O–H groups in total. The summed E-state index contributed by atoms with van der Waals surface area (Å²) in [6.45, 7) is 3.84. The summed E-state index contributed by atoms with van der Waals surface area (Å²) in [6, 6.07) is 4.12. The number of hydrogen-bond acceptors (Lipinski definition) is 6. The molecule has 0 spiro atoms. The molecule has 0 saturated carbocycles. The first-order valence-electron chi connectivity index (χ1n) is 6.73. The smallest absolute Gasteiger partial charge is 0.204 e. The molecule has 4 rings (SSSR count). The van der Waals surface area contributed by atoms with Crippen molar-refractivity contribution in [3.05, 3.63) is 28.4 Å². The highest BCUT2D eigenvalue weighted by atomic mass is 79.9. The Morgan fingerprint density at radius 2 is 2.10 bits per heavy atom. The maximum absolute atomic E-state index is 4.65. The normalized spacial score (nSPS) is 15.8. The van der Waals surface area contributed by atoms with Crippen LogP contribution in [-0.2, 0) is 0 Å². The SMILES string of the molecule is Brc1ccc(-c2cnc(N3CCNCC3)c3nncn23)s1. The van der Waals surface area contributed by atoms with Crippen LogP contribution in [0.4, 0.5) is 5.82 Å². The summed E-state index contributed by atoms with van der Waals surface area (Å²) in [5, 5.41) is 11.7. The molecule has 0 aliphatic carbocycles. The van der Waals surface area contributed by atoms with Gasteiger partial charge in [0.15, 0.2) is 5.82 Å². The Bertz CT molecular complexity index is 776. The first kappa shape index (κ1) is 13.2. The molecule has 1 fully saturated rings. The van der Waals surface area contributed by atoms with E-state index in [2.05, 4.69) is 47.4 Å². The predicted molar refractivity (Wildman–Crippen MR) is 86.9 cm³/mol. The van der Waals surface area contributed by atoms with Gasteiger partial charge in [-0.2, -0.15) is 0 Å². The van der Waals surface area contributed by atoms with Crippen molar-refractivity contribution >= 4 is 38.7 Å². The van der Waals surface area contributed by atoms with Gasteiger partial charge in [-0.1, -0.05) is 0 Å². The maximum Gasteiger partial charge on any atom is 0.204 e. The number of thiophene rings is 1. The summed E-state index contributed by atoms with van der Waals surface area (Å²) in [5.41, 5.74) is 1.84. The van der Waals surface area contributed by atoms with Crippen molar-refractivity contribution in [1.29, 1.82) is 0 Å². The number of anilines is 1. The molecule has 0 atom stereocenters. The fourth-order valence-corrected chi connectivity index (χ4v) is 3.93. The van der Waals surface area contributed by atoms with Crippen LogP contribution in [0.5, 0.6) is 0 Å². The minimum absolute atomic E-state index is 0.818. The number of nitrogens with one attached hydrogen (secondary N) is 1. The lowest BCUT2D eigenvalue weighted by Gasteiger charge is -2.28. The second kappa shape index (κ2) is 5.36. The zero-order valence-electron chi connectivity index (χ0n) is 11.2. The summed E-state index contributed by atoms with van der Waals surface area (Å²) in [4.78, 5) is 8.06. The highest BCUT2D eigenvalue weighted by molar-refractivity contribution is 9.11. The Kier molecular flexibility index (Phi) is 3.36. The van der Waals surface area contributed by atoms with Crippen LogP contribution in [0.25, 0.3) is 16.2 Å². The summed E-state index contributed by atoms with van der Waals surface area (Å²) >= 11 is 5.18. The average molecular weight is 365 g/mol. The molecule has 108 valence electrons. The number of hydrogen-bond donors (Lipinski definition) is 1. The zero-order chi connectivity index (χ0) is 14.2. The molecule has 0 radical (unpaired) electrons. The van der Waals surface area contributed by atoms with E-state index in [0.717, 1.165) is 52.0 Å². The first-order chi connectivity index (χ1) is 10.3. The maximum atomic E-state index is 4.65. The minimum Gasteiger partial charge on any atom is -0.351 e. The van der Waals surface area contributed by atoms with E-state index in [9.17, 15) is 0 Å². The number of aromatic nitrogens is 4. The molecule has 0 amide bonds. The largest absolute Gasteiger partial charge is 0.351 e. The van der Waals surface area contributed by atoms with E-state index < -0.39 is 0 Å². The molecular weight excluding hydrogens is 352 g/mol. The molecule has 6 nitrogen and oxygen atoms in total.